The third kappa shape index (κ3) is 4.27. The number of pyridine rings is 1. The van der Waals surface area contributed by atoms with Crippen LogP contribution in [0.2, 0.25) is 0 Å². The van der Waals surface area contributed by atoms with Crippen molar-refractivity contribution < 1.29 is 23.4 Å². The van der Waals surface area contributed by atoms with Gasteiger partial charge in [-0.1, -0.05) is 0 Å². The molecule has 0 aromatic carbocycles. The van der Waals surface area contributed by atoms with Gasteiger partial charge in [-0.25, -0.2) is 0 Å². The van der Waals surface area contributed by atoms with E-state index in [9.17, 15) is 13.9 Å². The smallest absolute Gasteiger partial charge is 0.320 e. The number of hydrogen-bond acceptors (Lipinski definition) is 8. The first-order valence-corrected chi connectivity index (χ1v) is 8.25. The van der Waals surface area contributed by atoms with Crippen LogP contribution in [0.5, 0.6) is 11.9 Å². The van der Waals surface area contributed by atoms with Crippen molar-refractivity contribution in [1.29, 1.82) is 0 Å². The molecule has 2 aromatic rings. The van der Waals surface area contributed by atoms with E-state index in [0.717, 1.165) is 12.6 Å². The molecule has 1 aliphatic rings. The minimum atomic E-state index is -2.72. The molecule has 3 rings (SSSR count). The molecule has 1 saturated heterocycles. The molecule has 10 heteroatoms. The van der Waals surface area contributed by atoms with Crippen LogP contribution in [0.1, 0.15) is 12.1 Å². The van der Waals surface area contributed by atoms with Gasteiger partial charge in [-0.05, 0) is 19.2 Å². The number of halogens is 2. The van der Waals surface area contributed by atoms with Crippen LogP contribution in [-0.4, -0.2) is 65.1 Å². The fourth-order valence-corrected chi connectivity index (χ4v) is 2.60. The lowest BCUT2D eigenvalue weighted by molar-refractivity contribution is 0.0230. The fraction of sp³-hybridized carbons (Fsp3) is 0.412. The molecule has 8 nitrogen and oxygen atoms in total. The number of hydrogen-bond donors (Lipinski definition) is 1. The van der Waals surface area contributed by atoms with Gasteiger partial charge in [0, 0.05) is 32.0 Å². The SMILES string of the molecule is C=N/C(=C\N(C)C(F)F)c1nccc2c(O)nc(OCC3CCOC3)nc12. The highest BCUT2D eigenvalue weighted by Crippen LogP contribution is 2.29. The Balaban J connectivity index is 1.98. The van der Waals surface area contributed by atoms with Crippen molar-refractivity contribution in [3.05, 3.63) is 24.2 Å². The Morgan fingerprint density at radius 3 is 3.04 bits per heavy atom. The number of fused-ring (bicyclic) bond motifs is 1. The van der Waals surface area contributed by atoms with Crippen LogP contribution in [0, 0.1) is 5.92 Å². The lowest BCUT2D eigenvalue weighted by Gasteiger charge is -2.14. The highest BCUT2D eigenvalue weighted by Gasteiger charge is 2.19. The lowest BCUT2D eigenvalue weighted by atomic mass is 10.1. The minimum Gasteiger partial charge on any atom is -0.493 e. The first-order valence-electron chi connectivity index (χ1n) is 8.25. The quantitative estimate of drug-likeness (QED) is 0.583. The zero-order valence-corrected chi connectivity index (χ0v) is 14.7. The number of alkyl halides is 2. The van der Waals surface area contributed by atoms with Crippen molar-refractivity contribution in [1.82, 2.24) is 19.9 Å². The Bertz CT molecular complexity index is 856. The molecule has 1 unspecified atom stereocenters. The van der Waals surface area contributed by atoms with Crippen LogP contribution < -0.4 is 4.74 Å². The van der Waals surface area contributed by atoms with Gasteiger partial charge in [0.15, 0.2) is 0 Å². The molecule has 0 spiro atoms. The molecule has 1 atom stereocenters. The highest BCUT2D eigenvalue weighted by molar-refractivity contribution is 5.92. The Morgan fingerprint density at radius 2 is 2.37 bits per heavy atom. The van der Waals surface area contributed by atoms with E-state index < -0.39 is 6.55 Å². The average molecular weight is 379 g/mol. The van der Waals surface area contributed by atoms with E-state index in [-0.39, 0.29) is 34.7 Å². The van der Waals surface area contributed by atoms with E-state index >= 15 is 0 Å². The fourth-order valence-electron chi connectivity index (χ4n) is 2.60. The summed E-state index contributed by atoms with van der Waals surface area (Å²) in [5, 5.41) is 10.5. The van der Waals surface area contributed by atoms with Crippen molar-refractivity contribution >= 4 is 23.3 Å². The largest absolute Gasteiger partial charge is 0.493 e. The lowest BCUT2D eigenvalue weighted by Crippen LogP contribution is -2.18. The summed E-state index contributed by atoms with van der Waals surface area (Å²) in [6.45, 7) is 2.32. The molecule has 0 amide bonds. The number of aromatic hydroxyl groups is 1. The summed E-state index contributed by atoms with van der Waals surface area (Å²) in [6.07, 6.45) is 3.38. The summed E-state index contributed by atoms with van der Waals surface area (Å²) in [6, 6.07) is 1.48. The summed E-state index contributed by atoms with van der Waals surface area (Å²) >= 11 is 0. The third-order valence-corrected chi connectivity index (χ3v) is 4.09. The molecule has 1 N–H and O–H groups in total. The second-order valence-electron chi connectivity index (χ2n) is 6.04. The monoisotopic (exact) mass is 379 g/mol. The van der Waals surface area contributed by atoms with Crippen molar-refractivity contribution in [2.75, 3.05) is 26.9 Å². The van der Waals surface area contributed by atoms with Crippen molar-refractivity contribution in [3.63, 3.8) is 0 Å². The highest BCUT2D eigenvalue weighted by atomic mass is 19.3. The normalized spacial score (nSPS) is 17.5. The zero-order valence-electron chi connectivity index (χ0n) is 14.7. The van der Waals surface area contributed by atoms with E-state index in [1.807, 2.05) is 0 Å². The first-order chi connectivity index (χ1) is 13.0. The van der Waals surface area contributed by atoms with Gasteiger partial charge in [-0.2, -0.15) is 18.7 Å². The summed E-state index contributed by atoms with van der Waals surface area (Å²) < 4.78 is 36.5. The Hall–Kier alpha value is -2.88. The van der Waals surface area contributed by atoms with E-state index in [2.05, 4.69) is 26.7 Å². The molecule has 2 aromatic heterocycles. The minimum absolute atomic E-state index is 0.0354. The van der Waals surface area contributed by atoms with E-state index in [0.29, 0.717) is 30.1 Å². The van der Waals surface area contributed by atoms with Crippen LogP contribution in [0.25, 0.3) is 16.6 Å². The maximum atomic E-state index is 12.8. The van der Waals surface area contributed by atoms with Crippen molar-refractivity contribution in [2.45, 2.75) is 13.0 Å². The van der Waals surface area contributed by atoms with E-state index in [4.69, 9.17) is 9.47 Å². The van der Waals surface area contributed by atoms with E-state index in [1.165, 1.54) is 19.3 Å². The van der Waals surface area contributed by atoms with Gasteiger partial charge in [0.25, 0.3) is 0 Å². The predicted octanol–water partition coefficient (Wildman–Crippen LogP) is 2.30. The number of aliphatic imine (C=N–C) groups is 1. The molecular weight excluding hydrogens is 360 g/mol. The molecule has 0 aliphatic carbocycles. The molecule has 3 heterocycles. The summed E-state index contributed by atoms with van der Waals surface area (Å²) in [5.41, 5.74) is 0.488. The molecule has 0 radical (unpaired) electrons. The number of aromatic nitrogens is 3. The second kappa shape index (κ2) is 8.21. The predicted molar refractivity (Wildman–Crippen MR) is 94.7 cm³/mol. The number of nitrogens with zero attached hydrogens (tertiary/aromatic N) is 5. The van der Waals surface area contributed by atoms with Crippen LogP contribution in [-0.2, 0) is 4.74 Å². The number of ether oxygens (including phenoxy) is 2. The van der Waals surface area contributed by atoms with E-state index in [1.54, 1.807) is 0 Å². The standard InChI is InChI=1S/C17H19F2N5O3/c1-20-12(7-24(2)16(18)19)14-13-11(3-5-21-14)15(25)23-17(22-13)27-9-10-4-6-26-8-10/h3,5,7,10,16H,1,4,6,8-9H2,2H3,(H,22,23,25)/b12-7-. The Kier molecular flexibility index (Phi) is 5.75. The summed E-state index contributed by atoms with van der Waals surface area (Å²) in [7, 11) is 1.20. The topological polar surface area (TPSA) is 93.0 Å². The van der Waals surface area contributed by atoms with Crippen LogP contribution in [0.3, 0.4) is 0 Å². The molecular formula is C17H19F2N5O3. The van der Waals surface area contributed by atoms with Gasteiger partial charge in [-0.15, -0.1) is 0 Å². The second-order valence-corrected chi connectivity index (χ2v) is 6.04. The Labute approximate surface area is 154 Å². The van der Waals surface area contributed by atoms with Crippen LogP contribution in [0.15, 0.2) is 23.5 Å². The summed E-state index contributed by atoms with van der Waals surface area (Å²) in [4.78, 5) is 16.8. The zero-order chi connectivity index (χ0) is 19.4. The Morgan fingerprint density at radius 1 is 1.56 bits per heavy atom. The molecule has 1 fully saturated rings. The van der Waals surface area contributed by atoms with Gasteiger partial charge >= 0.3 is 12.6 Å². The van der Waals surface area contributed by atoms with Gasteiger partial charge in [0.05, 0.1) is 18.6 Å². The maximum Gasteiger partial charge on any atom is 0.320 e. The molecule has 1 aliphatic heterocycles. The van der Waals surface area contributed by atoms with Crippen molar-refractivity contribution in [3.8, 4) is 11.9 Å². The van der Waals surface area contributed by atoms with Gasteiger partial charge < -0.3 is 19.5 Å². The van der Waals surface area contributed by atoms with Gasteiger partial charge in [-0.3, -0.25) is 9.98 Å². The van der Waals surface area contributed by atoms with Crippen molar-refractivity contribution in [2.24, 2.45) is 10.9 Å². The number of rotatable bonds is 7. The van der Waals surface area contributed by atoms with Crippen LogP contribution >= 0.6 is 0 Å². The molecule has 144 valence electrons. The van der Waals surface area contributed by atoms with Gasteiger partial charge in [0.2, 0.25) is 5.88 Å². The average Bonchev–Trinajstić information content (AvgIpc) is 3.17. The molecule has 27 heavy (non-hydrogen) atoms. The molecule has 0 saturated carbocycles. The van der Waals surface area contributed by atoms with Crippen LogP contribution in [0.4, 0.5) is 8.78 Å². The first kappa shape index (κ1) is 18.9. The van der Waals surface area contributed by atoms with Gasteiger partial charge in [0.1, 0.15) is 16.9 Å². The third-order valence-electron chi connectivity index (χ3n) is 4.09. The maximum absolute atomic E-state index is 12.8. The molecule has 0 bridgehead atoms. The summed E-state index contributed by atoms with van der Waals surface area (Å²) in [5.74, 6) is -0.0725.